The van der Waals surface area contributed by atoms with Crippen molar-refractivity contribution in [3.63, 3.8) is 0 Å². The van der Waals surface area contributed by atoms with Crippen LogP contribution in [-0.4, -0.2) is 44.6 Å². The predicted octanol–water partition coefficient (Wildman–Crippen LogP) is 1.18. The summed E-state index contributed by atoms with van der Waals surface area (Å²) in [6.45, 7) is 4.09. The third-order valence-electron chi connectivity index (χ3n) is 3.28. The fraction of sp³-hybridized carbons (Fsp3) is 0.312. The molecule has 0 atom stereocenters. The Labute approximate surface area is 156 Å². The van der Waals surface area contributed by atoms with Gasteiger partial charge in [-0.25, -0.2) is 13.4 Å². The quantitative estimate of drug-likeness (QED) is 0.643. The van der Waals surface area contributed by atoms with Crippen molar-refractivity contribution in [3.05, 3.63) is 30.0 Å². The molecule has 0 bridgehead atoms. The number of ether oxygens (including phenoxy) is 3. The molecule has 10 nitrogen and oxygen atoms in total. The normalized spacial score (nSPS) is 10.9. The summed E-state index contributed by atoms with van der Waals surface area (Å²) in [6, 6.07) is 3.81. The summed E-state index contributed by atoms with van der Waals surface area (Å²) in [6.07, 6.45) is 1.24. The topological polar surface area (TPSA) is 143 Å². The average molecular weight is 396 g/mol. The molecule has 11 heteroatoms. The maximum absolute atomic E-state index is 12.7. The largest absolute Gasteiger partial charge is 0.496 e. The molecular formula is C16H20N4O6S. The van der Waals surface area contributed by atoms with E-state index in [1.807, 2.05) is 0 Å². The first-order valence-electron chi connectivity index (χ1n) is 7.95. The second-order valence-corrected chi connectivity index (χ2v) is 6.75. The van der Waals surface area contributed by atoms with Crippen molar-refractivity contribution in [1.82, 2.24) is 9.97 Å². The van der Waals surface area contributed by atoms with Crippen molar-refractivity contribution in [2.45, 2.75) is 18.7 Å². The van der Waals surface area contributed by atoms with Gasteiger partial charge in [0, 0.05) is 0 Å². The number of rotatable bonds is 9. The molecule has 0 aliphatic heterocycles. The first kappa shape index (κ1) is 20.2. The zero-order chi connectivity index (χ0) is 20.0. The smallest absolute Gasteiger partial charge is 0.319 e. The molecular weight excluding hydrogens is 376 g/mol. The van der Waals surface area contributed by atoms with Gasteiger partial charge in [-0.1, -0.05) is 0 Å². The molecule has 1 aromatic carbocycles. The Morgan fingerprint density at radius 1 is 1.22 bits per heavy atom. The number of carbonyl (C=O) groups excluding carboxylic acids is 1. The Balaban J connectivity index is 2.41. The SMILES string of the molecule is CCOc1ncc(NS(=O)(=O)c2ccc(OC)c(C(N)=O)c2)c(OCC)n1. The molecule has 0 saturated carbocycles. The van der Waals surface area contributed by atoms with Crippen molar-refractivity contribution in [2.24, 2.45) is 5.73 Å². The van der Waals surface area contributed by atoms with Crippen molar-refractivity contribution in [1.29, 1.82) is 0 Å². The molecule has 0 spiro atoms. The second kappa shape index (κ2) is 8.54. The molecule has 0 unspecified atom stereocenters. The number of methoxy groups -OCH3 is 1. The highest BCUT2D eigenvalue weighted by atomic mass is 32.2. The Bertz CT molecular complexity index is 933. The van der Waals surface area contributed by atoms with Crippen LogP contribution in [0.15, 0.2) is 29.3 Å². The number of hydrogen-bond donors (Lipinski definition) is 2. The summed E-state index contributed by atoms with van der Waals surface area (Å²) in [5.74, 6) is -0.632. The summed E-state index contributed by atoms with van der Waals surface area (Å²) in [4.78, 5) is 19.3. The molecule has 0 fully saturated rings. The van der Waals surface area contributed by atoms with Crippen LogP contribution in [0.3, 0.4) is 0 Å². The van der Waals surface area contributed by atoms with Gasteiger partial charge < -0.3 is 19.9 Å². The fourth-order valence-corrected chi connectivity index (χ4v) is 3.18. The lowest BCUT2D eigenvalue weighted by atomic mass is 10.2. The Morgan fingerprint density at radius 2 is 1.93 bits per heavy atom. The van der Waals surface area contributed by atoms with E-state index in [9.17, 15) is 13.2 Å². The fourth-order valence-electron chi connectivity index (χ4n) is 2.12. The van der Waals surface area contributed by atoms with E-state index in [1.54, 1.807) is 13.8 Å². The minimum Gasteiger partial charge on any atom is -0.496 e. The third kappa shape index (κ3) is 4.76. The van der Waals surface area contributed by atoms with Gasteiger partial charge in [0.15, 0.2) is 0 Å². The van der Waals surface area contributed by atoms with Crippen LogP contribution in [0.4, 0.5) is 5.69 Å². The zero-order valence-corrected chi connectivity index (χ0v) is 15.9. The van der Waals surface area contributed by atoms with Crippen LogP contribution in [0.5, 0.6) is 17.6 Å². The molecule has 1 aromatic heterocycles. The molecule has 27 heavy (non-hydrogen) atoms. The molecule has 0 aliphatic rings. The summed E-state index contributed by atoms with van der Waals surface area (Å²) < 4.78 is 43.3. The molecule has 1 amide bonds. The lowest BCUT2D eigenvalue weighted by Crippen LogP contribution is -2.17. The maximum Gasteiger partial charge on any atom is 0.319 e. The predicted molar refractivity (Wildman–Crippen MR) is 96.7 cm³/mol. The molecule has 1 heterocycles. The number of hydrogen-bond acceptors (Lipinski definition) is 8. The lowest BCUT2D eigenvalue weighted by Gasteiger charge is -2.13. The van der Waals surface area contributed by atoms with Crippen LogP contribution in [0.2, 0.25) is 0 Å². The van der Waals surface area contributed by atoms with Crippen LogP contribution in [-0.2, 0) is 10.0 Å². The average Bonchev–Trinajstić information content (AvgIpc) is 2.63. The van der Waals surface area contributed by atoms with Gasteiger partial charge in [-0.05, 0) is 32.0 Å². The van der Waals surface area contributed by atoms with Gasteiger partial charge in [0.2, 0.25) is 5.88 Å². The van der Waals surface area contributed by atoms with E-state index in [0.717, 1.165) is 6.07 Å². The summed E-state index contributed by atoms with van der Waals surface area (Å²) in [7, 11) is -2.73. The Kier molecular flexibility index (Phi) is 6.40. The number of nitrogens with zero attached hydrogens (tertiary/aromatic N) is 2. The minimum atomic E-state index is -4.07. The Morgan fingerprint density at radius 3 is 2.52 bits per heavy atom. The molecule has 146 valence electrons. The van der Waals surface area contributed by atoms with E-state index in [4.69, 9.17) is 19.9 Å². The van der Waals surface area contributed by atoms with Gasteiger partial charge >= 0.3 is 6.01 Å². The standard InChI is InChI=1S/C16H20N4O6S/c1-4-25-15-12(9-18-16(19-15)26-5-2)20-27(22,23)10-6-7-13(24-3)11(8-10)14(17)21/h6-9,20H,4-5H2,1-3H3,(H2,17,21). The third-order valence-corrected chi connectivity index (χ3v) is 4.64. The summed E-state index contributed by atoms with van der Waals surface area (Å²) in [5, 5.41) is 0. The number of benzene rings is 1. The number of aromatic nitrogens is 2. The van der Waals surface area contributed by atoms with E-state index < -0.39 is 15.9 Å². The summed E-state index contributed by atoms with van der Waals surface area (Å²) >= 11 is 0. The van der Waals surface area contributed by atoms with Gasteiger partial charge in [-0.15, -0.1) is 0 Å². The van der Waals surface area contributed by atoms with Crippen LogP contribution < -0.4 is 24.7 Å². The van der Waals surface area contributed by atoms with Gasteiger partial charge in [0.05, 0.1) is 37.0 Å². The van der Waals surface area contributed by atoms with Crippen LogP contribution in [0.1, 0.15) is 24.2 Å². The minimum absolute atomic E-state index is 0.0168. The lowest BCUT2D eigenvalue weighted by molar-refractivity contribution is 0.0997. The van der Waals surface area contributed by atoms with Crippen molar-refractivity contribution < 1.29 is 27.4 Å². The molecule has 2 rings (SSSR count). The second-order valence-electron chi connectivity index (χ2n) is 5.07. The highest BCUT2D eigenvalue weighted by Gasteiger charge is 2.21. The van der Waals surface area contributed by atoms with Crippen LogP contribution >= 0.6 is 0 Å². The molecule has 0 radical (unpaired) electrons. The van der Waals surface area contributed by atoms with Gasteiger partial charge in [0.25, 0.3) is 15.9 Å². The van der Waals surface area contributed by atoms with Gasteiger partial charge in [-0.2, -0.15) is 4.98 Å². The maximum atomic E-state index is 12.7. The number of sulfonamides is 1. The number of carbonyl (C=O) groups is 1. The number of amides is 1. The molecule has 3 N–H and O–H groups in total. The van der Waals surface area contributed by atoms with Crippen molar-refractivity contribution in [3.8, 4) is 17.6 Å². The van der Waals surface area contributed by atoms with Crippen molar-refractivity contribution >= 4 is 21.6 Å². The van der Waals surface area contributed by atoms with E-state index in [2.05, 4.69) is 14.7 Å². The molecule has 2 aromatic rings. The number of anilines is 1. The van der Waals surface area contributed by atoms with Crippen molar-refractivity contribution in [2.75, 3.05) is 25.0 Å². The molecule has 0 saturated heterocycles. The highest BCUT2D eigenvalue weighted by Crippen LogP contribution is 2.28. The van der Waals surface area contributed by atoms with Gasteiger partial charge in [0.1, 0.15) is 11.4 Å². The van der Waals surface area contributed by atoms with Gasteiger partial charge in [-0.3, -0.25) is 9.52 Å². The number of nitrogens with one attached hydrogen (secondary N) is 1. The van der Waals surface area contributed by atoms with E-state index in [-0.39, 0.29) is 40.4 Å². The van der Waals surface area contributed by atoms with E-state index in [1.165, 1.54) is 25.4 Å². The first-order valence-corrected chi connectivity index (χ1v) is 9.44. The molecule has 0 aliphatic carbocycles. The summed E-state index contributed by atoms with van der Waals surface area (Å²) in [5.41, 5.74) is 5.24. The number of nitrogens with two attached hydrogens (primary N) is 1. The number of primary amides is 1. The van der Waals surface area contributed by atoms with Crippen LogP contribution in [0, 0.1) is 0 Å². The zero-order valence-electron chi connectivity index (χ0n) is 15.1. The Hall–Kier alpha value is -3.08. The van der Waals surface area contributed by atoms with E-state index in [0.29, 0.717) is 6.61 Å². The van der Waals surface area contributed by atoms with Crippen LogP contribution in [0.25, 0.3) is 0 Å². The highest BCUT2D eigenvalue weighted by molar-refractivity contribution is 7.92. The first-order chi connectivity index (χ1) is 12.8. The van der Waals surface area contributed by atoms with E-state index >= 15 is 0 Å². The monoisotopic (exact) mass is 396 g/mol.